The Balaban J connectivity index is 1.68. The van der Waals surface area contributed by atoms with Gasteiger partial charge in [-0.05, 0) is 25.3 Å². The molecule has 0 aromatic rings. The van der Waals surface area contributed by atoms with Gasteiger partial charge in [-0.1, -0.05) is 12.5 Å². The van der Waals surface area contributed by atoms with E-state index in [0.717, 1.165) is 0 Å². The lowest BCUT2D eigenvalue weighted by Crippen LogP contribution is -2.87. The van der Waals surface area contributed by atoms with Crippen molar-refractivity contribution in [3.8, 4) is 0 Å². The van der Waals surface area contributed by atoms with Gasteiger partial charge in [0, 0.05) is 11.3 Å². The van der Waals surface area contributed by atoms with Gasteiger partial charge in [-0.3, -0.25) is 4.79 Å². The Morgan fingerprint density at radius 1 is 1.07 bits per heavy atom. The largest absolute Gasteiger partial charge is 0.460 e. The maximum Gasteiger partial charge on any atom is 0.338 e. The van der Waals surface area contributed by atoms with E-state index >= 15 is 0 Å². The van der Waals surface area contributed by atoms with E-state index < -0.39 is 75.8 Å². The van der Waals surface area contributed by atoms with E-state index in [-0.39, 0.29) is 19.6 Å². The van der Waals surface area contributed by atoms with Crippen LogP contribution in [-0.2, 0) is 23.8 Å². The molecule has 30 heavy (non-hydrogen) atoms. The molecule has 3 aliphatic carbocycles. The van der Waals surface area contributed by atoms with Crippen LogP contribution in [0.2, 0.25) is 0 Å². The lowest BCUT2D eigenvalue weighted by atomic mass is 9.36. The summed E-state index contributed by atoms with van der Waals surface area (Å²) in [4.78, 5) is 25.2. The minimum absolute atomic E-state index is 0.145. The molecule has 5 N–H and O–H groups in total. The van der Waals surface area contributed by atoms with Crippen molar-refractivity contribution in [2.45, 2.75) is 61.7 Å². The number of ether oxygens (including phenoxy) is 3. The van der Waals surface area contributed by atoms with Crippen LogP contribution in [-0.4, -0.2) is 91.9 Å². The van der Waals surface area contributed by atoms with Crippen molar-refractivity contribution in [1.29, 1.82) is 0 Å². The van der Waals surface area contributed by atoms with E-state index in [1.807, 2.05) is 0 Å². The number of rotatable bonds is 0. The fourth-order valence-electron chi connectivity index (χ4n) is 7.88. The van der Waals surface area contributed by atoms with Gasteiger partial charge in [0.1, 0.15) is 23.9 Å². The van der Waals surface area contributed by atoms with Crippen molar-refractivity contribution in [3.63, 3.8) is 0 Å². The second-order valence-electron chi connectivity index (χ2n) is 10.0. The van der Waals surface area contributed by atoms with Gasteiger partial charge in [-0.15, -0.1) is 0 Å². The number of epoxide rings is 1. The van der Waals surface area contributed by atoms with Crippen LogP contribution in [0.15, 0.2) is 11.6 Å². The van der Waals surface area contributed by atoms with E-state index in [1.54, 1.807) is 13.8 Å². The zero-order valence-corrected chi connectivity index (χ0v) is 16.4. The summed E-state index contributed by atoms with van der Waals surface area (Å²) in [5, 5.41) is 56.7. The number of esters is 1. The summed E-state index contributed by atoms with van der Waals surface area (Å²) in [6.07, 6.45) is -4.96. The Morgan fingerprint density at radius 3 is 2.37 bits per heavy atom. The summed E-state index contributed by atoms with van der Waals surface area (Å²) in [5.74, 6) is -5.64. The number of hydrogen-bond acceptors (Lipinski definition) is 10. The Labute approximate surface area is 171 Å². The topological polar surface area (TPSA) is 166 Å². The smallest absolute Gasteiger partial charge is 0.338 e. The molecule has 5 fully saturated rings. The molecular weight excluding hydrogens is 400 g/mol. The van der Waals surface area contributed by atoms with Crippen molar-refractivity contribution >= 4 is 11.8 Å². The monoisotopic (exact) mass is 424 g/mol. The molecule has 6 rings (SSSR count). The third-order valence-corrected chi connectivity index (χ3v) is 9.17. The minimum Gasteiger partial charge on any atom is -0.460 e. The molecule has 164 valence electrons. The molecule has 10 nitrogen and oxygen atoms in total. The van der Waals surface area contributed by atoms with Crippen LogP contribution in [0, 0.1) is 22.7 Å². The highest BCUT2D eigenvalue weighted by Gasteiger charge is 2.94. The zero-order chi connectivity index (χ0) is 21.6. The first-order valence-corrected chi connectivity index (χ1v) is 10.1. The van der Waals surface area contributed by atoms with Gasteiger partial charge >= 0.3 is 5.97 Å². The Morgan fingerprint density at radius 2 is 1.73 bits per heavy atom. The predicted octanol–water partition coefficient (Wildman–Crippen LogP) is -2.62. The number of carbonyl (C=O) groups excluding carboxylic acids is 2. The number of carbonyl (C=O) groups is 2. The molecule has 0 amide bonds. The summed E-state index contributed by atoms with van der Waals surface area (Å²) < 4.78 is 16.7. The zero-order valence-electron chi connectivity index (χ0n) is 16.4. The molecule has 3 aliphatic heterocycles. The molecule has 2 spiro atoms. The summed E-state index contributed by atoms with van der Waals surface area (Å²) in [5.41, 5.74) is -6.52. The van der Waals surface area contributed by atoms with Crippen LogP contribution in [0.4, 0.5) is 0 Å². The summed E-state index contributed by atoms with van der Waals surface area (Å²) >= 11 is 0. The van der Waals surface area contributed by atoms with Crippen LogP contribution in [0.1, 0.15) is 20.3 Å². The van der Waals surface area contributed by atoms with Gasteiger partial charge in [-0.25, -0.2) is 4.79 Å². The quantitative estimate of drug-likeness (QED) is 0.205. The van der Waals surface area contributed by atoms with Gasteiger partial charge in [0.2, 0.25) is 0 Å². The molecule has 1 unspecified atom stereocenters. The molecule has 3 heterocycles. The predicted molar refractivity (Wildman–Crippen MR) is 93.3 cm³/mol. The highest BCUT2D eigenvalue weighted by Crippen LogP contribution is 2.77. The lowest BCUT2D eigenvalue weighted by molar-refractivity contribution is -0.379. The van der Waals surface area contributed by atoms with Crippen molar-refractivity contribution < 1.29 is 49.3 Å². The number of allylic oxidation sites excluding steroid dienone is 1. The van der Waals surface area contributed by atoms with Crippen molar-refractivity contribution in [1.82, 2.24) is 0 Å². The number of aliphatic hydroxyl groups is 5. The highest BCUT2D eigenvalue weighted by atomic mass is 16.7. The molecule has 2 saturated carbocycles. The average Bonchev–Trinajstić information content (AvgIpc) is 3.44. The Bertz CT molecular complexity index is 927. The average molecular weight is 424 g/mol. The maximum absolute atomic E-state index is 12.6. The van der Waals surface area contributed by atoms with Crippen LogP contribution < -0.4 is 0 Å². The fourth-order valence-corrected chi connectivity index (χ4v) is 7.88. The van der Waals surface area contributed by atoms with E-state index in [1.165, 1.54) is 6.08 Å². The molecule has 0 radical (unpaired) electrons. The first kappa shape index (κ1) is 19.3. The normalized spacial score (nSPS) is 63.1. The highest BCUT2D eigenvalue weighted by molar-refractivity contribution is 5.96. The molecule has 3 saturated heterocycles. The third kappa shape index (κ3) is 1.53. The molecular formula is C20H24O10. The molecule has 0 aromatic heterocycles. The van der Waals surface area contributed by atoms with Gasteiger partial charge < -0.3 is 39.7 Å². The molecule has 2 bridgehead atoms. The second kappa shape index (κ2) is 4.98. The summed E-state index contributed by atoms with van der Waals surface area (Å²) in [6.45, 7) is 2.77. The van der Waals surface area contributed by atoms with Crippen molar-refractivity contribution in [3.05, 3.63) is 11.6 Å². The number of ketones is 1. The van der Waals surface area contributed by atoms with Gasteiger partial charge in [0.25, 0.3) is 0 Å². The van der Waals surface area contributed by atoms with E-state index in [0.29, 0.717) is 5.57 Å². The number of aliphatic hydroxyl groups excluding tert-OH is 3. The summed E-state index contributed by atoms with van der Waals surface area (Å²) in [6, 6.07) is 0. The molecule has 6 aliphatic rings. The number of fused-ring (bicyclic) bond motifs is 2. The van der Waals surface area contributed by atoms with Crippen molar-refractivity contribution in [2.75, 3.05) is 13.2 Å². The Kier molecular flexibility index (Phi) is 3.21. The standard InChI is InChI=1S/C20H24O10/c1-7-3-9(21)11(22)16(2)8(7)4-10-17-5-29-19(26,14(16)17)15(25)18(6-28-18)20(17,27)12(23)13(24)30-10/h3,8,10-12,14-15,22-23,25-27H,4-6H2,1-2H3/t8-,10+,11+,12-,14+,15+,16+,17+,18-,19?,20-/m0/s1. The SMILES string of the molecule is CC1=CC(=O)[C@@H](O)[C@]2(C)[C@H]3C4(O)OC[C@@]35[C@@H](C[C@@H]12)OC(=O)[C@H](O)[C@@]5(O)[C@]1(CO1)[C@H]4O. The molecule has 0 aromatic carbocycles. The number of hydrogen-bond donors (Lipinski definition) is 5. The van der Waals surface area contributed by atoms with Crippen molar-refractivity contribution in [2.24, 2.45) is 22.7 Å². The van der Waals surface area contributed by atoms with Crippen LogP contribution in [0.5, 0.6) is 0 Å². The Hall–Kier alpha value is -1.40. The van der Waals surface area contributed by atoms with E-state index in [9.17, 15) is 35.1 Å². The maximum atomic E-state index is 12.6. The third-order valence-electron chi connectivity index (χ3n) is 9.17. The minimum atomic E-state index is -2.35. The van der Waals surface area contributed by atoms with E-state index in [4.69, 9.17) is 14.2 Å². The van der Waals surface area contributed by atoms with Gasteiger partial charge in [0.05, 0.1) is 18.6 Å². The first-order valence-electron chi connectivity index (χ1n) is 10.1. The molecule has 10 heteroatoms. The van der Waals surface area contributed by atoms with Crippen LogP contribution >= 0.6 is 0 Å². The second-order valence-corrected chi connectivity index (χ2v) is 10.0. The van der Waals surface area contributed by atoms with E-state index in [2.05, 4.69) is 0 Å². The van der Waals surface area contributed by atoms with Gasteiger partial charge in [0.15, 0.2) is 23.3 Å². The summed E-state index contributed by atoms with van der Waals surface area (Å²) in [7, 11) is 0. The van der Waals surface area contributed by atoms with Crippen LogP contribution in [0.3, 0.4) is 0 Å². The fraction of sp³-hybridized carbons (Fsp3) is 0.800. The van der Waals surface area contributed by atoms with Gasteiger partial charge in [-0.2, -0.15) is 0 Å². The lowest BCUT2D eigenvalue weighted by Gasteiger charge is -2.70. The van der Waals surface area contributed by atoms with Crippen LogP contribution in [0.25, 0.3) is 0 Å². The molecule has 11 atom stereocenters. The first-order chi connectivity index (χ1) is 13.9.